The van der Waals surface area contributed by atoms with Gasteiger partial charge in [-0.05, 0) is 36.8 Å². The van der Waals surface area contributed by atoms with Crippen LogP contribution in [0.25, 0.3) is 5.70 Å². The van der Waals surface area contributed by atoms with Gasteiger partial charge in [0.05, 0.1) is 16.8 Å². The van der Waals surface area contributed by atoms with Gasteiger partial charge in [0, 0.05) is 36.7 Å². The highest BCUT2D eigenvalue weighted by Gasteiger charge is 2.42. The highest BCUT2D eigenvalue weighted by Crippen LogP contribution is 2.48. The molecule has 38 heavy (non-hydrogen) atoms. The average molecular weight is 506 g/mol. The molecule has 6 rings (SSSR count). The lowest BCUT2D eigenvalue weighted by atomic mass is 9.81. The van der Waals surface area contributed by atoms with E-state index in [4.69, 9.17) is 4.74 Å². The third-order valence-corrected chi connectivity index (χ3v) is 7.16. The van der Waals surface area contributed by atoms with Crippen LogP contribution in [0.5, 0.6) is 5.75 Å². The summed E-state index contributed by atoms with van der Waals surface area (Å²) in [4.78, 5) is 52.8. The number of esters is 1. The Kier molecular flexibility index (Phi) is 5.27. The second-order valence-electron chi connectivity index (χ2n) is 9.52. The molecule has 1 N–H and O–H groups in total. The number of ketones is 1. The van der Waals surface area contributed by atoms with Gasteiger partial charge in [0.25, 0.3) is 5.56 Å². The Labute approximate surface area is 217 Å². The fourth-order valence-electron chi connectivity index (χ4n) is 5.20. The van der Waals surface area contributed by atoms with Crippen molar-refractivity contribution in [3.8, 4) is 5.75 Å². The molecule has 4 aromatic rings. The number of carbonyl (C=O) groups is 2. The molecule has 0 unspecified atom stereocenters. The van der Waals surface area contributed by atoms with Crippen LogP contribution in [-0.2, 0) is 14.1 Å². The SMILES string of the molecule is Cc1ccc(C(=O)Oc2cccc([C@H]3C4=C(Nc5c3c(=O)n(C)c(=O)n5C)c3ccccc3C4=O)c2)cc1. The molecule has 0 saturated heterocycles. The van der Waals surface area contributed by atoms with Crippen molar-refractivity contribution in [3.63, 3.8) is 0 Å². The molecule has 1 aliphatic heterocycles. The first-order chi connectivity index (χ1) is 18.3. The monoisotopic (exact) mass is 505 g/mol. The van der Waals surface area contributed by atoms with E-state index in [-0.39, 0.29) is 17.1 Å². The van der Waals surface area contributed by atoms with Gasteiger partial charge in [0.2, 0.25) is 0 Å². The first kappa shape index (κ1) is 23.4. The molecule has 1 atom stereocenters. The molecule has 3 aromatic carbocycles. The minimum absolute atomic E-state index is 0.197. The summed E-state index contributed by atoms with van der Waals surface area (Å²) < 4.78 is 8.07. The van der Waals surface area contributed by atoms with Crippen molar-refractivity contribution < 1.29 is 14.3 Å². The van der Waals surface area contributed by atoms with Crippen LogP contribution in [0.2, 0.25) is 0 Å². The molecule has 8 nitrogen and oxygen atoms in total. The number of Topliss-reactive ketones (excluding diaryl/α,β-unsaturated/α-hetero) is 1. The van der Waals surface area contributed by atoms with E-state index in [0.717, 1.165) is 10.1 Å². The van der Waals surface area contributed by atoms with Gasteiger partial charge in [0.1, 0.15) is 11.6 Å². The maximum Gasteiger partial charge on any atom is 0.343 e. The highest BCUT2D eigenvalue weighted by molar-refractivity contribution is 6.23. The fourth-order valence-corrected chi connectivity index (χ4v) is 5.20. The number of carbonyl (C=O) groups excluding carboxylic acids is 2. The van der Waals surface area contributed by atoms with Crippen LogP contribution >= 0.6 is 0 Å². The molecule has 0 spiro atoms. The Hall–Kier alpha value is -4.98. The molecule has 188 valence electrons. The summed E-state index contributed by atoms with van der Waals surface area (Å²) in [5, 5.41) is 3.22. The van der Waals surface area contributed by atoms with E-state index in [1.807, 2.05) is 31.2 Å². The largest absolute Gasteiger partial charge is 0.423 e. The van der Waals surface area contributed by atoms with Crippen LogP contribution in [0.3, 0.4) is 0 Å². The number of hydrogen-bond donors (Lipinski definition) is 1. The van der Waals surface area contributed by atoms with Gasteiger partial charge in [-0.3, -0.25) is 18.7 Å². The van der Waals surface area contributed by atoms with E-state index in [0.29, 0.717) is 39.3 Å². The van der Waals surface area contributed by atoms with Crippen molar-refractivity contribution in [2.75, 3.05) is 5.32 Å². The molecule has 0 amide bonds. The number of fused-ring (bicyclic) bond motifs is 3. The first-order valence-electron chi connectivity index (χ1n) is 12.1. The first-order valence-corrected chi connectivity index (χ1v) is 12.1. The van der Waals surface area contributed by atoms with Crippen LogP contribution in [-0.4, -0.2) is 20.9 Å². The van der Waals surface area contributed by atoms with E-state index in [1.54, 1.807) is 55.6 Å². The highest BCUT2D eigenvalue weighted by atomic mass is 16.5. The second kappa shape index (κ2) is 8.55. The molecule has 0 fully saturated rings. The standard InChI is InChI=1S/C30H23N3O5/c1-16-11-13-17(14-12-16)29(36)38-19-8-6-7-18(15-19)22-23-25(20-9-4-5-10-21(20)26(23)34)31-27-24(22)28(35)33(3)30(37)32(27)2/h4-15,22,31H,1-3H3/t22-/m0/s1. The van der Waals surface area contributed by atoms with Gasteiger partial charge in [-0.2, -0.15) is 0 Å². The van der Waals surface area contributed by atoms with E-state index in [1.165, 1.54) is 11.6 Å². The van der Waals surface area contributed by atoms with Crippen molar-refractivity contribution in [2.24, 2.45) is 14.1 Å². The zero-order chi connectivity index (χ0) is 26.7. The summed E-state index contributed by atoms with van der Waals surface area (Å²) in [6, 6.07) is 21.1. The van der Waals surface area contributed by atoms with Gasteiger partial charge in [-0.25, -0.2) is 9.59 Å². The van der Waals surface area contributed by atoms with Crippen molar-refractivity contribution >= 4 is 23.3 Å². The minimum atomic E-state index is -0.787. The Balaban J connectivity index is 1.52. The summed E-state index contributed by atoms with van der Waals surface area (Å²) in [6.45, 7) is 1.93. The number of nitrogens with one attached hydrogen (secondary N) is 1. The number of aromatic nitrogens is 2. The number of nitrogens with zero attached hydrogens (tertiary/aromatic N) is 2. The molecule has 1 aromatic heterocycles. The lowest BCUT2D eigenvalue weighted by Crippen LogP contribution is -2.42. The smallest absolute Gasteiger partial charge is 0.343 e. The van der Waals surface area contributed by atoms with Crippen molar-refractivity contribution in [3.05, 3.63) is 133 Å². The summed E-state index contributed by atoms with van der Waals surface area (Å²) in [5.74, 6) is -0.898. The van der Waals surface area contributed by atoms with Gasteiger partial charge in [-0.1, -0.05) is 54.1 Å². The zero-order valence-electron chi connectivity index (χ0n) is 20.9. The molecular formula is C30H23N3O5. The van der Waals surface area contributed by atoms with Crippen LogP contribution in [0.4, 0.5) is 5.82 Å². The minimum Gasteiger partial charge on any atom is -0.423 e. The Bertz CT molecular complexity index is 1830. The number of allylic oxidation sites excluding steroid dienone is 1. The average Bonchev–Trinajstić information content (AvgIpc) is 3.21. The van der Waals surface area contributed by atoms with Crippen molar-refractivity contribution in [1.29, 1.82) is 0 Å². The zero-order valence-corrected chi connectivity index (χ0v) is 20.9. The van der Waals surface area contributed by atoms with E-state index in [2.05, 4.69) is 5.32 Å². The molecule has 0 radical (unpaired) electrons. The van der Waals surface area contributed by atoms with Crippen LogP contribution in [0.1, 0.15) is 48.9 Å². The Morgan fingerprint density at radius 3 is 2.32 bits per heavy atom. The normalized spacial score (nSPS) is 15.4. The number of aryl methyl sites for hydroxylation is 1. The predicted molar refractivity (Wildman–Crippen MR) is 143 cm³/mol. The van der Waals surface area contributed by atoms with E-state index < -0.39 is 23.1 Å². The Morgan fingerprint density at radius 1 is 0.868 bits per heavy atom. The Morgan fingerprint density at radius 2 is 1.58 bits per heavy atom. The second-order valence-corrected chi connectivity index (χ2v) is 9.52. The van der Waals surface area contributed by atoms with Gasteiger partial charge < -0.3 is 10.1 Å². The number of benzene rings is 3. The quantitative estimate of drug-likeness (QED) is 0.336. The summed E-state index contributed by atoms with van der Waals surface area (Å²) in [7, 11) is 3.00. The van der Waals surface area contributed by atoms with Crippen LogP contribution < -0.4 is 21.3 Å². The van der Waals surface area contributed by atoms with Gasteiger partial charge >= 0.3 is 11.7 Å². The molecule has 0 bridgehead atoms. The third-order valence-electron chi connectivity index (χ3n) is 7.16. The lowest BCUT2D eigenvalue weighted by molar-refractivity contribution is 0.0734. The van der Waals surface area contributed by atoms with E-state index in [9.17, 15) is 19.2 Å². The molecule has 2 aliphatic rings. The molecular weight excluding hydrogens is 482 g/mol. The third kappa shape index (κ3) is 3.45. The van der Waals surface area contributed by atoms with Crippen molar-refractivity contribution in [1.82, 2.24) is 9.13 Å². The molecule has 0 saturated carbocycles. The maximum atomic E-state index is 13.7. The van der Waals surface area contributed by atoms with Crippen LogP contribution in [0.15, 0.2) is 88.0 Å². The lowest BCUT2D eigenvalue weighted by Gasteiger charge is -2.29. The summed E-state index contributed by atoms with van der Waals surface area (Å²) in [6.07, 6.45) is 0. The summed E-state index contributed by atoms with van der Waals surface area (Å²) in [5.41, 5.74) is 3.51. The van der Waals surface area contributed by atoms with Gasteiger partial charge in [-0.15, -0.1) is 0 Å². The number of hydrogen-bond acceptors (Lipinski definition) is 6. The van der Waals surface area contributed by atoms with Gasteiger partial charge in [0.15, 0.2) is 5.78 Å². The number of anilines is 1. The van der Waals surface area contributed by atoms with Crippen LogP contribution in [0, 0.1) is 6.92 Å². The summed E-state index contributed by atoms with van der Waals surface area (Å²) >= 11 is 0. The maximum absolute atomic E-state index is 13.7. The molecule has 1 aliphatic carbocycles. The predicted octanol–water partition coefficient (Wildman–Crippen LogP) is 3.78. The molecule has 2 heterocycles. The van der Waals surface area contributed by atoms with Crippen molar-refractivity contribution in [2.45, 2.75) is 12.8 Å². The molecule has 8 heteroatoms. The number of ether oxygens (including phenoxy) is 1. The topological polar surface area (TPSA) is 99.4 Å². The van der Waals surface area contributed by atoms with E-state index >= 15 is 0 Å². The number of rotatable bonds is 3. The fraction of sp³-hybridized carbons (Fsp3) is 0.133.